The topological polar surface area (TPSA) is 80.2 Å². The minimum Gasteiger partial charge on any atom is -0.352 e. The fourth-order valence-corrected chi connectivity index (χ4v) is 3.43. The highest BCUT2D eigenvalue weighted by Crippen LogP contribution is 2.13. The van der Waals surface area contributed by atoms with Gasteiger partial charge in [0.1, 0.15) is 0 Å². The Morgan fingerprint density at radius 3 is 2.39 bits per heavy atom. The monoisotopic (exact) mass is 397 g/mol. The first-order valence-electron chi connectivity index (χ1n) is 8.99. The van der Waals surface area contributed by atoms with E-state index < -0.39 is 10.0 Å². The number of hydrogen-bond donors (Lipinski definition) is 2. The van der Waals surface area contributed by atoms with E-state index in [9.17, 15) is 13.2 Å². The van der Waals surface area contributed by atoms with E-state index in [1.54, 1.807) is 18.2 Å². The van der Waals surface area contributed by atoms with E-state index in [0.29, 0.717) is 17.8 Å². The van der Waals surface area contributed by atoms with Gasteiger partial charge < -0.3 is 9.88 Å². The van der Waals surface area contributed by atoms with Crippen LogP contribution in [0.25, 0.3) is 5.69 Å². The third-order valence-corrected chi connectivity index (χ3v) is 4.80. The molecule has 0 unspecified atom stereocenters. The molecule has 0 atom stereocenters. The number of rotatable bonds is 8. The molecule has 0 spiro atoms. The van der Waals surface area contributed by atoms with Crippen molar-refractivity contribution in [3.05, 3.63) is 84.2 Å². The second kappa shape index (κ2) is 8.75. The molecule has 1 heterocycles. The minimum absolute atomic E-state index is 0.0956. The molecule has 1 amide bonds. The molecular weight excluding hydrogens is 374 g/mol. The van der Waals surface area contributed by atoms with Crippen LogP contribution in [-0.2, 0) is 16.4 Å². The summed E-state index contributed by atoms with van der Waals surface area (Å²) < 4.78 is 26.8. The van der Waals surface area contributed by atoms with Crippen LogP contribution in [0.3, 0.4) is 0 Å². The van der Waals surface area contributed by atoms with Gasteiger partial charge in [-0.1, -0.05) is 18.2 Å². The van der Waals surface area contributed by atoms with E-state index in [0.717, 1.165) is 30.3 Å². The van der Waals surface area contributed by atoms with Gasteiger partial charge in [-0.05, 0) is 60.9 Å². The van der Waals surface area contributed by atoms with Gasteiger partial charge in [0.2, 0.25) is 10.0 Å². The SMILES string of the molecule is CS(=O)(=O)Nc1ccc(CCCNC(=O)c2cccc(-n3cccc3)c2)cc1. The van der Waals surface area contributed by atoms with Crippen LogP contribution >= 0.6 is 0 Å². The molecule has 0 saturated heterocycles. The quantitative estimate of drug-likeness (QED) is 0.573. The summed E-state index contributed by atoms with van der Waals surface area (Å²) in [6, 6.07) is 18.6. The number of amides is 1. The van der Waals surface area contributed by atoms with Gasteiger partial charge in [0.25, 0.3) is 5.91 Å². The summed E-state index contributed by atoms with van der Waals surface area (Å²) in [7, 11) is -3.26. The first-order chi connectivity index (χ1) is 13.4. The zero-order valence-electron chi connectivity index (χ0n) is 15.6. The molecule has 0 bridgehead atoms. The predicted octanol–water partition coefficient (Wildman–Crippen LogP) is 3.21. The summed E-state index contributed by atoms with van der Waals surface area (Å²) in [5, 5.41) is 2.94. The summed E-state index contributed by atoms with van der Waals surface area (Å²) in [6.07, 6.45) is 6.59. The maximum Gasteiger partial charge on any atom is 0.251 e. The largest absolute Gasteiger partial charge is 0.352 e. The molecule has 0 radical (unpaired) electrons. The lowest BCUT2D eigenvalue weighted by atomic mass is 10.1. The van der Waals surface area contributed by atoms with E-state index in [4.69, 9.17) is 0 Å². The molecule has 2 N–H and O–H groups in total. The van der Waals surface area contributed by atoms with Crippen molar-refractivity contribution >= 4 is 21.6 Å². The van der Waals surface area contributed by atoms with Gasteiger partial charge in [0.15, 0.2) is 0 Å². The van der Waals surface area contributed by atoms with Gasteiger partial charge >= 0.3 is 0 Å². The highest BCUT2D eigenvalue weighted by molar-refractivity contribution is 7.92. The fraction of sp³-hybridized carbons (Fsp3) is 0.190. The first kappa shape index (κ1) is 19.7. The van der Waals surface area contributed by atoms with Crippen LogP contribution in [0.1, 0.15) is 22.3 Å². The Labute approximate surface area is 165 Å². The number of anilines is 1. The molecule has 2 aromatic carbocycles. The standard InChI is InChI=1S/C21H23N3O3S/c1-28(26,27)23-19-11-9-17(10-12-19)6-5-13-22-21(25)18-7-4-8-20(16-18)24-14-2-3-15-24/h2-4,7-12,14-16,23H,5-6,13H2,1H3,(H,22,25). The first-order valence-corrected chi connectivity index (χ1v) is 10.9. The van der Waals surface area contributed by atoms with Crippen LogP contribution in [0.5, 0.6) is 0 Å². The molecule has 6 nitrogen and oxygen atoms in total. The zero-order valence-corrected chi connectivity index (χ0v) is 16.4. The van der Waals surface area contributed by atoms with Gasteiger partial charge in [-0.2, -0.15) is 0 Å². The van der Waals surface area contributed by atoms with Crippen molar-refractivity contribution in [1.82, 2.24) is 9.88 Å². The molecule has 28 heavy (non-hydrogen) atoms. The highest BCUT2D eigenvalue weighted by atomic mass is 32.2. The molecule has 3 rings (SSSR count). The summed E-state index contributed by atoms with van der Waals surface area (Å²) in [5.74, 6) is -0.0956. The maximum atomic E-state index is 12.4. The normalized spacial score (nSPS) is 11.2. The number of carbonyl (C=O) groups excluding carboxylic acids is 1. The van der Waals surface area contributed by atoms with Crippen molar-refractivity contribution in [2.24, 2.45) is 0 Å². The number of aryl methyl sites for hydroxylation is 1. The molecule has 0 saturated carbocycles. The predicted molar refractivity (Wildman–Crippen MR) is 111 cm³/mol. The number of hydrogen-bond acceptors (Lipinski definition) is 3. The molecule has 3 aromatic rings. The second-order valence-corrected chi connectivity index (χ2v) is 8.32. The molecule has 0 aliphatic carbocycles. The number of carbonyl (C=O) groups is 1. The number of aromatic nitrogens is 1. The summed E-state index contributed by atoms with van der Waals surface area (Å²) in [4.78, 5) is 12.4. The van der Waals surface area contributed by atoms with Crippen LogP contribution in [0.15, 0.2) is 73.1 Å². The molecule has 7 heteroatoms. The Balaban J connectivity index is 1.48. The average molecular weight is 398 g/mol. The fourth-order valence-electron chi connectivity index (χ4n) is 2.86. The molecular formula is C21H23N3O3S. The van der Waals surface area contributed by atoms with Crippen molar-refractivity contribution in [2.45, 2.75) is 12.8 Å². The van der Waals surface area contributed by atoms with E-state index in [2.05, 4.69) is 10.0 Å². The van der Waals surface area contributed by atoms with E-state index in [-0.39, 0.29) is 5.91 Å². The van der Waals surface area contributed by atoms with Gasteiger partial charge in [-0.15, -0.1) is 0 Å². The van der Waals surface area contributed by atoms with Gasteiger partial charge in [0.05, 0.1) is 6.26 Å². The van der Waals surface area contributed by atoms with Crippen molar-refractivity contribution in [3.8, 4) is 5.69 Å². The van der Waals surface area contributed by atoms with E-state index in [1.165, 1.54) is 0 Å². The Morgan fingerprint density at radius 1 is 1.00 bits per heavy atom. The summed E-state index contributed by atoms with van der Waals surface area (Å²) in [6.45, 7) is 0.565. The maximum absolute atomic E-state index is 12.4. The Morgan fingerprint density at radius 2 is 1.71 bits per heavy atom. The van der Waals surface area contributed by atoms with Gasteiger partial charge in [0, 0.05) is 35.9 Å². The number of sulfonamides is 1. The number of nitrogens with zero attached hydrogens (tertiary/aromatic N) is 1. The van der Waals surface area contributed by atoms with Crippen LogP contribution in [0, 0.1) is 0 Å². The Hall–Kier alpha value is -3.06. The zero-order chi connectivity index (χ0) is 20.0. The van der Waals surface area contributed by atoms with Crippen molar-refractivity contribution in [2.75, 3.05) is 17.5 Å². The van der Waals surface area contributed by atoms with Crippen LogP contribution in [0.2, 0.25) is 0 Å². The highest BCUT2D eigenvalue weighted by Gasteiger charge is 2.06. The molecule has 146 valence electrons. The number of nitrogens with one attached hydrogen (secondary N) is 2. The second-order valence-electron chi connectivity index (χ2n) is 6.57. The van der Waals surface area contributed by atoms with Crippen molar-refractivity contribution in [1.29, 1.82) is 0 Å². The third kappa shape index (κ3) is 5.72. The third-order valence-electron chi connectivity index (χ3n) is 4.20. The Kier molecular flexibility index (Phi) is 6.16. The molecule has 0 aliphatic rings. The lowest BCUT2D eigenvalue weighted by Crippen LogP contribution is -2.24. The average Bonchev–Trinajstić information content (AvgIpc) is 3.20. The minimum atomic E-state index is -3.26. The Bertz CT molecular complexity index is 1030. The van der Waals surface area contributed by atoms with Gasteiger partial charge in [-0.3, -0.25) is 9.52 Å². The lowest BCUT2D eigenvalue weighted by molar-refractivity contribution is 0.0953. The van der Waals surface area contributed by atoms with E-state index >= 15 is 0 Å². The lowest BCUT2D eigenvalue weighted by Gasteiger charge is -2.08. The summed E-state index contributed by atoms with van der Waals surface area (Å²) >= 11 is 0. The summed E-state index contributed by atoms with van der Waals surface area (Å²) in [5.41, 5.74) is 3.20. The van der Waals surface area contributed by atoms with Crippen LogP contribution in [-0.4, -0.2) is 31.7 Å². The molecule has 0 aliphatic heterocycles. The van der Waals surface area contributed by atoms with Gasteiger partial charge in [-0.25, -0.2) is 8.42 Å². The van der Waals surface area contributed by atoms with Crippen LogP contribution < -0.4 is 10.0 Å². The van der Waals surface area contributed by atoms with Crippen LogP contribution in [0.4, 0.5) is 5.69 Å². The van der Waals surface area contributed by atoms with Crippen molar-refractivity contribution in [3.63, 3.8) is 0 Å². The molecule has 0 fully saturated rings. The van der Waals surface area contributed by atoms with E-state index in [1.807, 2.05) is 59.4 Å². The smallest absolute Gasteiger partial charge is 0.251 e. The van der Waals surface area contributed by atoms with Crippen molar-refractivity contribution < 1.29 is 13.2 Å². The molecule has 1 aromatic heterocycles. The number of benzene rings is 2.